The maximum Gasteiger partial charge on any atom is 0.238 e. The molecule has 0 radical (unpaired) electrons. The molecule has 1 aromatic rings. The van der Waals surface area contributed by atoms with E-state index in [0.29, 0.717) is 17.5 Å². The van der Waals surface area contributed by atoms with Crippen molar-refractivity contribution < 1.29 is 9.53 Å². The fourth-order valence-electron chi connectivity index (χ4n) is 2.40. The summed E-state index contributed by atoms with van der Waals surface area (Å²) >= 11 is 6.83. The van der Waals surface area contributed by atoms with Gasteiger partial charge in [-0.25, -0.2) is 0 Å². The van der Waals surface area contributed by atoms with Crippen LogP contribution in [-0.4, -0.2) is 40.1 Å². The molecule has 5 heteroatoms. The number of hydrogen-bond acceptors (Lipinski definition) is 4. The van der Waals surface area contributed by atoms with Crippen LogP contribution in [-0.2, 0) is 9.53 Å². The molecule has 1 heterocycles. The van der Waals surface area contributed by atoms with Crippen LogP contribution in [0.25, 0.3) is 0 Å². The van der Waals surface area contributed by atoms with Gasteiger partial charge in [0, 0.05) is 18.9 Å². The molecule has 1 aromatic carbocycles. The molecule has 20 heavy (non-hydrogen) atoms. The molecule has 0 N–H and O–H groups in total. The predicted octanol–water partition coefficient (Wildman–Crippen LogP) is 3.06. The van der Waals surface area contributed by atoms with Crippen molar-refractivity contribution in [2.24, 2.45) is 0 Å². The minimum atomic E-state index is -0.298. The van der Waals surface area contributed by atoms with Gasteiger partial charge in [-0.05, 0) is 19.4 Å². The van der Waals surface area contributed by atoms with Gasteiger partial charge in [0.15, 0.2) is 0 Å². The Hall–Kier alpha value is -0.910. The van der Waals surface area contributed by atoms with Crippen LogP contribution in [0.5, 0.6) is 0 Å². The molecule has 1 amide bonds. The Morgan fingerprint density at radius 1 is 1.45 bits per heavy atom. The lowest BCUT2D eigenvalue weighted by Crippen LogP contribution is -2.39. The third kappa shape index (κ3) is 3.40. The third-order valence-electron chi connectivity index (χ3n) is 3.35. The first-order chi connectivity index (χ1) is 9.65. The van der Waals surface area contributed by atoms with Gasteiger partial charge in [-0.2, -0.15) is 0 Å². The van der Waals surface area contributed by atoms with Crippen LogP contribution in [0.2, 0.25) is 0 Å². The standard InChI is InChI=1S/C15H19NO2S2/c1-3-18-11(2)13(12-7-5-4-6-8-12)14(17)16-9-10-20-15(16)19/h4-8,11,13H,3,9-10H2,1-2H3/t11?,13-/m0/s1. The molecule has 1 fully saturated rings. The Morgan fingerprint density at radius 2 is 2.15 bits per heavy atom. The van der Waals surface area contributed by atoms with Crippen molar-refractivity contribution in [3.05, 3.63) is 35.9 Å². The summed E-state index contributed by atoms with van der Waals surface area (Å²) in [6.45, 7) is 5.19. The van der Waals surface area contributed by atoms with Crippen molar-refractivity contribution in [1.29, 1.82) is 0 Å². The molecule has 1 aliphatic heterocycles. The van der Waals surface area contributed by atoms with Crippen LogP contribution in [0.15, 0.2) is 30.3 Å². The van der Waals surface area contributed by atoms with E-state index in [1.807, 2.05) is 44.2 Å². The predicted molar refractivity (Wildman–Crippen MR) is 87.0 cm³/mol. The second-order valence-electron chi connectivity index (χ2n) is 4.65. The first kappa shape index (κ1) is 15.5. The number of thiocarbonyl (C=S) groups is 1. The largest absolute Gasteiger partial charge is 0.378 e. The van der Waals surface area contributed by atoms with Crippen LogP contribution in [0, 0.1) is 0 Å². The SMILES string of the molecule is CCOC(C)[C@H](C(=O)N1CCSC1=S)c1ccccc1. The molecule has 0 saturated carbocycles. The summed E-state index contributed by atoms with van der Waals surface area (Å²) < 4.78 is 6.36. The fraction of sp³-hybridized carbons (Fsp3) is 0.467. The smallest absolute Gasteiger partial charge is 0.238 e. The first-order valence-electron chi connectivity index (χ1n) is 6.79. The fourth-order valence-corrected chi connectivity index (χ4v) is 3.61. The highest BCUT2D eigenvalue weighted by Gasteiger charge is 2.34. The minimum Gasteiger partial charge on any atom is -0.378 e. The second-order valence-corrected chi connectivity index (χ2v) is 6.38. The summed E-state index contributed by atoms with van der Waals surface area (Å²) in [5, 5.41) is 0. The number of thioether (sulfide) groups is 1. The average Bonchev–Trinajstić information content (AvgIpc) is 2.87. The van der Waals surface area contributed by atoms with Crippen LogP contribution < -0.4 is 0 Å². The second kappa shape index (κ2) is 7.20. The molecule has 1 unspecified atom stereocenters. The summed E-state index contributed by atoms with van der Waals surface area (Å²) in [4.78, 5) is 14.5. The molecular formula is C15H19NO2S2. The van der Waals surface area contributed by atoms with Crippen LogP contribution in [0.3, 0.4) is 0 Å². The van der Waals surface area contributed by atoms with E-state index in [4.69, 9.17) is 17.0 Å². The number of nitrogens with zero attached hydrogens (tertiary/aromatic N) is 1. The van der Waals surface area contributed by atoms with Crippen molar-refractivity contribution in [3.63, 3.8) is 0 Å². The van der Waals surface area contributed by atoms with E-state index in [-0.39, 0.29) is 17.9 Å². The van der Waals surface area contributed by atoms with Crippen LogP contribution in [0.1, 0.15) is 25.3 Å². The van der Waals surface area contributed by atoms with Gasteiger partial charge in [0.25, 0.3) is 0 Å². The highest BCUT2D eigenvalue weighted by atomic mass is 32.2. The zero-order valence-electron chi connectivity index (χ0n) is 11.7. The van der Waals surface area contributed by atoms with Gasteiger partial charge in [-0.3, -0.25) is 9.69 Å². The molecule has 0 spiro atoms. The van der Waals surface area contributed by atoms with Gasteiger partial charge < -0.3 is 4.74 Å². The van der Waals surface area contributed by atoms with Crippen molar-refractivity contribution in [2.75, 3.05) is 18.9 Å². The zero-order valence-corrected chi connectivity index (χ0v) is 13.4. The molecule has 108 valence electrons. The molecule has 1 aliphatic rings. The Bertz CT molecular complexity index is 478. The lowest BCUT2D eigenvalue weighted by Gasteiger charge is -2.27. The summed E-state index contributed by atoms with van der Waals surface area (Å²) in [6.07, 6.45) is -0.164. The highest BCUT2D eigenvalue weighted by molar-refractivity contribution is 8.23. The topological polar surface area (TPSA) is 29.5 Å². The monoisotopic (exact) mass is 309 g/mol. The van der Waals surface area contributed by atoms with E-state index in [9.17, 15) is 4.79 Å². The van der Waals surface area contributed by atoms with Gasteiger partial charge >= 0.3 is 0 Å². The van der Waals surface area contributed by atoms with E-state index in [2.05, 4.69) is 0 Å². The Kier molecular flexibility index (Phi) is 5.57. The number of amides is 1. The zero-order chi connectivity index (χ0) is 14.5. The van der Waals surface area contributed by atoms with E-state index in [1.54, 1.807) is 16.7 Å². The quantitative estimate of drug-likeness (QED) is 0.782. The average molecular weight is 309 g/mol. The summed E-state index contributed by atoms with van der Waals surface area (Å²) in [7, 11) is 0. The third-order valence-corrected chi connectivity index (χ3v) is 4.78. The molecular weight excluding hydrogens is 290 g/mol. The number of benzene rings is 1. The molecule has 3 nitrogen and oxygen atoms in total. The van der Waals surface area contributed by atoms with Gasteiger partial charge in [0.05, 0.1) is 12.0 Å². The maximum atomic E-state index is 12.8. The van der Waals surface area contributed by atoms with E-state index in [0.717, 1.165) is 11.3 Å². The first-order valence-corrected chi connectivity index (χ1v) is 8.19. The van der Waals surface area contributed by atoms with E-state index < -0.39 is 0 Å². The van der Waals surface area contributed by atoms with Crippen LogP contribution >= 0.6 is 24.0 Å². The highest BCUT2D eigenvalue weighted by Crippen LogP contribution is 2.28. The molecule has 2 atom stereocenters. The Balaban J connectivity index is 2.26. The summed E-state index contributed by atoms with van der Waals surface area (Å²) in [5.41, 5.74) is 0.984. The number of rotatable bonds is 5. The lowest BCUT2D eigenvalue weighted by molar-refractivity contribution is -0.131. The minimum absolute atomic E-state index is 0.0483. The van der Waals surface area contributed by atoms with Crippen molar-refractivity contribution in [1.82, 2.24) is 4.90 Å². The van der Waals surface area contributed by atoms with Gasteiger partial charge in [0.1, 0.15) is 4.32 Å². The Labute approximate surface area is 129 Å². The number of hydrogen-bond donors (Lipinski definition) is 0. The molecule has 0 aliphatic carbocycles. The number of carbonyl (C=O) groups is 1. The van der Waals surface area contributed by atoms with Crippen molar-refractivity contribution >= 4 is 34.2 Å². The lowest BCUT2D eigenvalue weighted by atomic mass is 9.92. The van der Waals surface area contributed by atoms with Crippen LogP contribution in [0.4, 0.5) is 0 Å². The summed E-state index contributed by atoms with van der Waals surface area (Å²) in [5.74, 6) is 0.634. The number of ether oxygens (including phenoxy) is 1. The molecule has 1 saturated heterocycles. The Morgan fingerprint density at radius 3 is 2.70 bits per heavy atom. The van der Waals surface area contributed by atoms with E-state index in [1.165, 1.54) is 0 Å². The number of carbonyl (C=O) groups excluding carboxylic acids is 1. The van der Waals surface area contributed by atoms with Crippen molar-refractivity contribution in [3.8, 4) is 0 Å². The molecule has 0 aromatic heterocycles. The van der Waals surface area contributed by atoms with Gasteiger partial charge in [-0.1, -0.05) is 54.3 Å². The molecule has 0 bridgehead atoms. The van der Waals surface area contributed by atoms with E-state index >= 15 is 0 Å². The summed E-state index contributed by atoms with van der Waals surface area (Å²) in [6, 6.07) is 9.80. The molecule has 2 rings (SSSR count). The van der Waals surface area contributed by atoms with Gasteiger partial charge in [0.2, 0.25) is 5.91 Å². The normalized spacial score (nSPS) is 18.1. The van der Waals surface area contributed by atoms with Gasteiger partial charge in [-0.15, -0.1) is 0 Å². The van der Waals surface area contributed by atoms with Crippen molar-refractivity contribution in [2.45, 2.75) is 25.9 Å². The maximum absolute atomic E-state index is 12.8.